The predicted octanol–water partition coefficient (Wildman–Crippen LogP) is -1.45. The molecule has 0 atom stereocenters. The van der Waals surface area contributed by atoms with Crippen molar-refractivity contribution in [1.29, 1.82) is 0 Å². The van der Waals surface area contributed by atoms with Gasteiger partial charge < -0.3 is 1.43 Å². The number of hydrogen-bond acceptors (Lipinski definition) is 0. The summed E-state index contributed by atoms with van der Waals surface area (Å²) in [6.07, 6.45) is 5.91. The molecular weight excluding hydrogens is 135 g/mol. The van der Waals surface area contributed by atoms with E-state index >= 15 is 0 Å². The topological polar surface area (TPSA) is 0 Å². The van der Waals surface area contributed by atoms with Crippen LogP contribution in [0.3, 0.4) is 0 Å². The van der Waals surface area contributed by atoms with Gasteiger partial charge in [0, 0.05) is 9.52 Å². The standard InChI is InChI=1S/C7H12Si.Na.H/c1-6-3-4-7(5-6)8-2;;/h3,5H,4,8H2,1-2H3;;/q;+1;-1. The van der Waals surface area contributed by atoms with Gasteiger partial charge >= 0.3 is 29.6 Å². The van der Waals surface area contributed by atoms with Crippen LogP contribution in [0.5, 0.6) is 0 Å². The summed E-state index contributed by atoms with van der Waals surface area (Å²) in [4.78, 5) is 0. The molecule has 0 nitrogen and oxygen atoms in total. The Morgan fingerprint density at radius 3 is 2.56 bits per heavy atom. The summed E-state index contributed by atoms with van der Waals surface area (Å²) < 4.78 is 0. The molecule has 1 aliphatic rings. The third kappa shape index (κ3) is 2.85. The molecule has 1 aliphatic carbocycles. The van der Waals surface area contributed by atoms with Crippen molar-refractivity contribution >= 4 is 9.52 Å². The van der Waals surface area contributed by atoms with Gasteiger partial charge in [0.25, 0.3) is 0 Å². The second kappa shape index (κ2) is 4.50. The monoisotopic (exact) mass is 148 g/mol. The van der Waals surface area contributed by atoms with Crippen LogP contribution in [0.4, 0.5) is 0 Å². The molecule has 0 unspecified atom stereocenters. The van der Waals surface area contributed by atoms with Gasteiger partial charge in [0.2, 0.25) is 0 Å². The maximum absolute atomic E-state index is 2.35. The van der Waals surface area contributed by atoms with Crippen LogP contribution >= 0.6 is 0 Å². The zero-order valence-electron chi connectivity index (χ0n) is 7.57. The molecule has 0 aromatic rings. The number of hydrogen-bond donors (Lipinski definition) is 0. The SMILES string of the molecule is C[SiH2]C1=CC(C)=CC1.[H-].[Na+]. The zero-order valence-corrected chi connectivity index (χ0v) is 9.98. The van der Waals surface area contributed by atoms with E-state index in [1.807, 2.05) is 0 Å². The van der Waals surface area contributed by atoms with Crippen LogP contribution in [0.15, 0.2) is 22.9 Å². The molecule has 0 bridgehead atoms. The second-order valence-electron chi connectivity index (χ2n) is 2.31. The molecule has 0 amide bonds. The molecule has 0 spiro atoms. The van der Waals surface area contributed by atoms with Gasteiger partial charge in [-0.2, -0.15) is 0 Å². The van der Waals surface area contributed by atoms with Crippen molar-refractivity contribution in [2.24, 2.45) is 0 Å². The van der Waals surface area contributed by atoms with E-state index < -0.39 is 0 Å². The first-order valence-corrected chi connectivity index (χ1v) is 5.31. The van der Waals surface area contributed by atoms with E-state index in [1.165, 1.54) is 12.0 Å². The van der Waals surface area contributed by atoms with Crippen LogP contribution in [-0.2, 0) is 0 Å². The van der Waals surface area contributed by atoms with E-state index in [4.69, 9.17) is 0 Å². The maximum atomic E-state index is 2.35. The summed E-state index contributed by atoms with van der Waals surface area (Å²) in [5.41, 5.74) is 1.47. The van der Waals surface area contributed by atoms with Crippen LogP contribution in [0, 0.1) is 0 Å². The minimum Gasteiger partial charge on any atom is -1.00 e. The Hall–Kier alpha value is 0.697. The average molecular weight is 148 g/mol. The Balaban J connectivity index is 0. The molecule has 0 saturated heterocycles. The Morgan fingerprint density at radius 1 is 1.67 bits per heavy atom. The van der Waals surface area contributed by atoms with Crippen molar-refractivity contribution in [2.75, 3.05) is 0 Å². The number of rotatable bonds is 1. The van der Waals surface area contributed by atoms with Crippen molar-refractivity contribution in [3.63, 3.8) is 0 Å². The van der Waals surface area contributed by atoms with Crippen LogP contribution in [0.2, 0.25) is 6.55 Å². The summed E-state index contributed by atoms with van der Waals surface area (Å²) in [5, 5.41) is 1.71. The van der Waals surface area contributed by atoms with E-state index in [9.17, 15) is 0 Å². The molecule has 0 aromatic heterocycles. The van der Waals surface area contributed by atoms with E-state index in [-0.39, 0.29) is 40.5 Å². The Bertz CT molecular complexity index is 152. The van der Waals surface area contributed by atoms with Gasteiger partial charge in [0.1, 0.15) is 0 Å². The molecule has 0 heterocycles. The molecule has 2 heteroatoms. The first-order valence-electron chi connectivity index (χ1n) is 3.19. The third-order valence-corrected chi connectivity index (χ3v) is 2.97. The summed E-state index contributed by atoms with van der Waals surface area (Å²) in [6, 6.07) is 0. The molecule has 9 heavy (non-hydrogen) atoms. The molecule has 0 N–H and O–H groups in total. The van der Waals surface area contributed by atoms with Crippen LogP contribution < -0.4 is 29.6 Å². The number of allylic oxidation sites excluding steroid dienone is 4. The average Bonchev–Trinajstić information content (AvgIpc) is 2.14. The van der Waals surface area contributed by atoms with Crippen molar-refractivity contribution < 1.29 is 31.0 Å². The maximum Gasteiger partial charge on any atom is 1.00 e. The van der Waals surface area contributed by atoms with Gasteiger partial charge in [-0.25, -0.2) is 0 Å². The van der Waals surface area contributed by atoms with Crippen LogP contribution in [0.1, 0.15) is 14.8 Å². The first kappa shape index (κ1) is 9.70. The fourth-order valence-electron chi connectivity index (χ4n) is 0.978. The second-order valence-corrected chi connectivity index (χ2v) is 3.92. The minimum absolute atomic E-state index is 0. The van der Waals surface area contributed by atoms with Crippen molar-refractivity contribution in [1.82, 2.24) is 0 Å². The molecule has 0 aromatic carbocycles. The van der Waals surface area contributed by atoms with Gasteiger partial charge in [-0.3, -0.25) is 0 Å². The Kier molecular flexibility index (Phi) is 4.85. The molecular formula is C7H13NaSi. The summed E-state index contributed by atoms with van der Waals surface area (Å²) >= 11 is 0. The van der Waals surface area contributed by atoms with Crippen molar-refractivity contribution in [2.45, 2.75) is 19.9 Å². The van der Waals surface area contributed by atoms with Crippen molar-refractivity contribution in [3.8, 4) is 0 Å². The van der Waals surface area contributed by atoms with Gasteiger partial charge in [0.05, 0.1) is 0 Å². The summed E-state index contributed by atoms with van der Waals surface area (Å²) in [7, 11) is 0.168. The first-order chi connectivity index (χ1) is 3.83. The van der Waals surface area contributed by atoms with Gasteiger partial charge in [-0.1, -0.05) is 29.5 Å². The smallest absolute Gasteiger partial charge is 1.00 e. The molecule has 0 fully saturated rings. The molecule has 0 radical (unpaired) electrons. The Morgan fingerprint density at radius 2 is 2.33 bits per heavy atom. The fraction of sp³-hybridized carbons (Fsp3) is 0.429. The predicted molar refractivity (Wildman–Crippen MR) is 42.0 cm³/mol. The van der Waals surface area contributed by atoms with Gasteiger partial charge in [-0.05, 0) is 13.3 Å². The fourth-order valence-corrected chi connectivity index (χ4v) is 1.94. The normalized spacial score (nSPS) is 17.6. The molecule has 46 valence electrons. The van der Waals surface area contributed by atoms with Gasteiger partial charge in [-0.15, -0.1) is 0 Å². The van der Waals surface area contributed by atoms with Gasteiger partial charge in [0.15, 0.2) is 0 Å². The third-order valence-electron chi connectivity index (χ3n) is 1.57. The Labute approximate surface area is 83.0 Å². The van der Waals surface area contributed by atoms with Crippen molar-refractivity contribution in [3.05, 3.63) is 22.9 Å². The van der Waals surface area contributed by atoms with E-state index in [1.54, 1.807) is 5.20 Å². The van der Waals surface area contributed by atoms with E-state index in [2.05, 4.69) is 25.6 Å². The zero-order chi connectivity index (χ0) is 5.98. The van der Waals surface area contributed by atoms with E-state index in [0.29, 0.717) is 0 Å². The summed E-state index contributed by atoms with van der Waals surface area (Å²) in [6.45, 7) is 4.52. The largest absolute Gasteiger partial charge is 1.00 e. The molecule has 0 saturated carbocycles. The quantitative estimate of drug-likeness (QED) is 0.399. The minimum atomic E-state index is 0. The molecule has 0 aliphatic heterocycles. The van der Waals surface area contributed by atoms with Crippen LogP contribution in [0.25, 0.3) is 0 Å². The van der Waals surface area contributed by atoms with E-state index in [0.717, 1.165) is 0 Å². The molecule has 1 rings (SSSR count). The van der Waals surface area contributed by atoms with Crippen LogP contribution in [-0.4, -0.2) is 9.52 Å². The summed E-state index contributed by atoms with van der Waals surface area (Å²) in [5.74, 6) is 0.